The lowest BCUT2D eigenvalue weighted by Gasteiger charge is -2.21. The molecule has 16 heavy (non-hydrogen) atoms. The Bertz CT molecular complexity index is 388. The van der Waals surface area contributed by atoms with Crippen LogP contribution in [-0.4, -0.2) is 13.1 Å². The second-order valence-corrected chi connectivity index (χ2v) is 5.42. The molecule has 1 saturated heterocycles. The predicted octanol–water partition coefficient (Wildman–Crippen LogP) is 2.81. The molecule has 1 aliphatic heterocycles. The smallest absolute Gasteiger partial charge is 0.0600 e. The Balaban J connectivity index is 1.83. The predicted molar refractivity (Wildman–Crippen MR) is 68.6 cm³/mol. The number of benzene rings is 1. The van der Waals surface area contributed by atoms with Crippen LogP contribution in [0.15, 0.2) is 18.2 Å². The van der Waals surface area contributed by atoms with Crippen molar-refractivity contribution in [3.63, 3.8) is 0 Å². The Morgan fingerprint density at radius 3 is 2.50 bits per heavy atom. The molecule has 2 N–H and O–H groups in total. The van der Waals surface area contributed by atoms with E-state index in [1.54, 1.807) is 0 Å². The van der Waals surface area contributed by atoms with Gasteiger partial charge in [0, 0.05) is 13.1 Å². The van der Waals surface area contributed by atoms with E-state index in [1.165, 1.54) is 43.6 Å². The number of nitrogens with zero attached hydrogens (tertiary/aromatic N) is 1. The molecule has 2 fully saturated rings. The summed E-state index contributed by atoms with van der Waals surface area (Å²) in [5.41, 5.74) is 9.55. The molecular weight excluding hydrogens is 196 g/mol. The van der Waals surface area contributed by atoms with Crippen LogP contribution in [0.1, 0.15) is 24.8 Å². The monoisotopic (exact) mass is 216 g/mol. The van der Waals surface area contributed by atoms with Crippen LogP contribution >= 0.6 is 0 Å². The molecule has 2 atom stereocenters. The highest BCUT2D eigenvalue weighted by Crippen LogP contribution is 2.40. The van der Waals surface area contributed by atoms with Gasteiger partial charge in [-0.1, -0.05) is 12.5 Å². The van der Waals surface area contributed by atoms with Crippen molar-refractivity contribution in [1.29, 1.82) is 0 Å². The summed E-state index contributed by atoms with van der Waals surface area (Å²) < 4.78 is 0. The summed E-state index contributed by atoms with van der Waals surface area (Å²) in [6.07, 6.45) is 4.28. The number of hydrogen-bond donors (Lipinski definition) is 1. The van der Waals surface area contributed by atoms with E-state index in [4.69, 9.17) is 5.73 Å². The first-order valence-corrected chi connectivity index (χ1v) is 6.35. The number of fused-ring (bicyclic) bond motifs is 1. The average Bonchev–Trinajstić information content (AvgIpc) is 2.76. The molecule has 2 unspecified atom stereocenters. The van der Waals surface area contributed by atoms with Gasteiger partial charge < -0.3 is 10.6 Å². The Morgan fingerprint density at radius 2 is 1.88 bits per heavy atom. The van der Waals surface area contributed by atoms with E-state index in [1.807, 2.05) is 0 Å². The van der Waals surface area contributed by atoms with Gasteiger partial charge in [0.15, 0.2) is 0 Å². The Hall–Kier alpha value is -1.18. The molecule has 1 aromatic rings. The molecule has 1 saturated carbocycles. The third-order valence-electron chi connectivity index (χ3n) is 4.25. The molecule has 2 aliphatic rings. The topological polar surface area (TPSA) is 29.3 Å². The van der Waals surface area contributed by atoms with Crippen molar-refractivity contribution < 1.29 is 0 Å². The van der Waals surface area contributed by atoms with Gasteiger partial charge in [-0.3, -0.25) is 0 Å². The van der Waals surface area contributed by atoms with Gasteiger partial charge in [-0.2, -0.15) is 0 Å². The first-order chi connectivity index (χ1) is 7.74. The van der Waals surface area contributed by atoms with Crippen LogP contribution in [0, 0.1) is 18.8 Å². The van der Waals surface area contributed by atoms with Gasteiger partial charge in [-0.05, 0) is 49.3 Å². The molecule has 3 rings (SSSR count). The minimum atomic E-state index is 0.931. The number of anilines is 2. The van der Waals surface area contributed by atoms with Crippen LogP contribution < -0.4 is 10.6 Å². The number of nitrogen functional groups attached to an aromatic ring is 1. The molecule has 0 spiro atoms. The number of nitrogens with two attached hydrogens (primary N) is 1. The highest BCUT2D eigenvalue weighted by molar-refractivity contribution is 5.68. The maximum Gasteiger partial charge on any atom is 0.0600 e. The van der Waals surface area contributed by atoms with Crippen molar-refractivity contribution in [3.05, 3.63) is 23.8 Å². The number of rotatable bonds is 1. The van der Waals surface area contributed by atoms with E-state index >= 15 is 0 Å². The Kier molecular flexibility index (Phi) is 2.31. The van der Waals surface area contributed by atoms with Crippen LogP contribution in [0.4, 0.5) is 11.4 Å². The number of aryl methyl sites for hydroxylation is 1. The van der Waals surface area contributed by atoms with Crippen molar-refractivity contribution in [3.8, 4) is 0 Å². The highest BCUT2D eigenvalue weighted by Gasteiger charge is 2.36. The zero-order chi connectivity index (χ0) is 11.1. The van der Waals surface area contributed by atoms with Crippen LogP contribution in [0.25, 0.3) is 0 Å². The van der Waals surface area contributed by atoms with E-state index in [2.05, 4.69) is 30.0 Å². The zero-order valence-electron chi connectivity index (χ0n) is 9.95. The Labute approximate surface area is 97.4 Å². The van der Waals surface area contributed by atoms with Crippen LogP contribution in [-0.2, 0) is 0 Å². The average molecular weight is 216 g/mol. The van der Waals surface area contributed by atoms with Crippen LogP contribution in [0.3, 0.4) is 0 Å². The molecule has 1 aliphatic carbocycles. The molecule has 1 aromatic carbocycles. The van der Waals surface area contributed by atoms with E-state index in [0.717, 1.165) is 17.5 Å². The first kappa shape index (κ1) is 10.0. The highest BCUT2D eigenvalue weighted by atomic mass is 15.2. The second kappa shape index (κ2) is 3.69. The van der Waals surface area contributed by atoms with Crippen LogP contribution in [0.2, 0.25) is 0 Å². The molecule has 1 heterocycles. The molecule has 0 radical (unpaired) electrons. The summed E-state index contributed by atoms with van der Waals surface area (Å²) in [5.74, 6) is 1.86. The lowest BCUT2D eigenvalue weighted by molar-refractivity contribution is 0.494. The fourth-order valence-electron chi connectivity index (χ4n) is 3.39. The molecule has 2 heteroatoms. The van der Waals surface area contributed by atoms with Crippen molar-refractivity contribution in [1.82, 2.24) is 0 Å². The summed E-state index contributed by atoms with van der Waals surface area (Å²) >= 11 is 0. The molecular formula is C14H20N2. The summed E-state index contributed by atoms with van der Waals surface area (Å²) in [6, 6.07) is 6.44. The van der Waals surface area contributed by atoms with E-state index in [-0.39, 0.29) is 0 Å². The normalized spacial score (nSPS) is 28.4. The molecule has 86 valence electrons. The molecule has 0 bridgehead atoms. The summed E-state index contributed by atoms with van der Waals surface area (Å²) in [7, 11) is 0. The Morgan fingerprint density at radius 1 is 1.19 bits per heavy atom. The largest absolute Gasteiger partial charge is 0.397 e. The SMILES string of the molecule is Cc1ccc(N2CC3CCCC3C2)c(N)c1. The number of hydrogen-bond acceptors (Lipinski definition) is 2. The minimum Gasteiger partial charge on any atom is -0.397 e. The summed E-state index contributed by atoms with van der Waals surface area (Å²) in [5, 5.41) is 0. The van der Waals surface area contributed by atoms with Gasteiger partial charge >= 0.3 is 0 Å². The van der Waals surface area contributed by atoms with Gasteiger partial charge in [0.2, 0.25) is 0 Å². The van der Waals surface area contributed by atoms with Crippen molar-refractivity contribution in [2.45, 2.75) is 26.2 Å². The summed E-state index contributed by atoms with van der Waals surface area (Å²) in [4.78, 5) is 2.49. The fourth-order valence-corrected chi connectivity index (χ4v) is 3.39. The van der Waals surface area contributed by atoms with E-state index < -0.39 is 0 Å². The molecule has 0 aromatic heterocycles. The van der Waals surface area contributed by atoms with Crippen molar-refractivity contribution in [2.75, 3.05) is 23.7 Å². The third kappa shape index (κ3) is 1.57. The maximum absolute atomic E-state index is 6.11. The third-order valence-corrected chi connectivity index (χ3v) is 4.25. The van der Waals surface area contributed by atoms with E-state index in [9.17, 15) is 0 Å². The van der Waals surface area contributed by atoms with Gasteiger partial charge in [-0.25, -0.2) is 0 Å². The van der Waals surface area contributed by atoms with Crippen molar-refractivity contribution >= 4 is 11.4 Å². The summed E-state index contributed by atoms with van der Waals surface area (Å²) in [6.45, 7) is 4.54. The van der Waals surface area contributed by atoms with Crippen LogP contribution in [0.5, 0.6) is 0 Å². The lowest BCUT2D eigenvalue weighted by Crippen LogP contribution is -2.21. The standard InChI is InChI=1S/C14H20N2/c1-10-5-6-14(13(15)7-10)16-8-11-3-2-4-12(11)9-16/h5-7,11-12H,2-4,8-9,15H2,1H3. The zero-order valence-corrected chi connectivity index (χ0v) is 9.95. The molecule has 2 nitrogen and oxygen atoms in total. The first-order valence-electron chi connectivity index (χ1n) is 6.35. The second-order valence-electron chi connectivity index (χ2n) is 5.42. The quantitative estimate of drug-likeness (QED) is 0.731. The van der Waals surface area contributed by atoms with Crippen molar-refractivity contribution in [2.24, 2.45) is 11.8 Å². The van der Waals surface area contributed by atoms with Gasteiger partial charge in [-0.15, -0.1) is 0 Å². The van der Waals surface area contributed by atoms with Gasteiger partial charge in [0.25, 0.3) is 0 Å². The maximum atomic E-state index is 6.11. The lowest BCUT2D eigenvalue weighted by atomic mass is 10.0. The van der Waals surface area contributed by atoms with E-state index in [0.29, 0.717) is 0 Å². The van der Waals surface area contributed by atoms with Gasteiger partial charge in [0.05, 0.1) is 11.4 Å². The van der Waals surface area contributed by atoms with Gasteiger partial charge in [0.1, 0.15) is 0 Å². The molecule has 0 amide bonds. The fraction of sp³-hybridized carbons (Fsp3) is 0.571. The minimum absolute atomic E-state index is 0.931.